The van der Waals surface area contributed by atoms with E-state index in [1.54, 1.807) is 0 Å². The zero-order valence-corrected chi connectivity index (χ0v) is 9.60. The Kier molecular flexibility index (Phi) is 2.66. The van der Waals surface area contributed by atoms with Gasteiger partial charge in [-0.05, 0) is 18.1 Å². The second kappa shape index (κ2) is 4.46. The van der Waals surface area contributed by atoms with Crippen LogP contribution in [0.4, 0.5) is 0 Å². The molecule has 0 radical (unpaired) electrons. The van der Waals surface area contributed by atoms with Crippen molar-refractivity contribution in [2.45, 2.75) is 13.0 Å². The quantitative estimate of drug-likeness (QED) is 0.751. The van der Waals surface area contributed by atoms with Crippen LogP contribution in [0.15, 0.2) is 60.7 Å². The van der Waals surface area contributed by atoms with E-state index in [0.717, 1.165) is 12.2 Å². The molecule has 0 N–H and O–H groups in total. The number of hydrogen-bond acceptors (Lipinski definition) is 1. The van der Waals surface area contributed by atoms with Gasteiger partial charge in [0.25, 0.3) is 0 Å². The Labute approximate surface area is 101 Å². The van der Waals surface area contributed by atoms with Crippen LogP contribution in [0.2, 0.25) is 0 Å². The van der Waals surface area contributed by atoms with Gasteiger partial charge in [0.2, 0.25) is 0 Å². The maximum atomic E-state index is 5.71. The van der Waals surface area contributed by atoms with Crippen LogP contribution in [-0.4, -0.2) is 0 Å². The summed E-state index contributed by atoms with van der Waals surface area (Å²) in [7, 11) is 0. The van der Waals surface area contributed by atoms with Crippen molar-refractivity contribution in [3.63, 3.8) is 0 Å². The summed E-state index contributed by atoms with van der Waals surface area (Å²) in [6.07, 6.45) is 3.09. The summed E-state index contributed by atoms with van der Waals surface area (Å²) < 4.78 is 5.71. The van der Waals surface area contributed by atoms with E-state index in [1.807, 2.05) is 6.07 Å². The molecule has 0 spiro atoms. The van der Waals surface area contributed by atoms with Crippen LogP contribution in [0.25, 0.3) is 5.76 Å². The van der Waals surface area contributed by atoms with Gasteiger partial charge in [0.15, 0.2) is 0 Å². The fraction of sp³-hybridized carbons (Fsp3) is 0.125. The fourth-order valence-electron chi connectivity index (χ4n) is 2.11. The van der Waals surface area contributed by atoms with E-state index in [2.05, 4.69) is 54.6 Å². The van der Waals surface area contributed by atoms with Crippen LogP contribution < -0.4 is 0 Å². The standard InChI is InChI=1S/C16H14O/c1-2-6-13(7-3-1)10-11-16-15-9-5-4-8-14(15)12-17-16/h1-9,11H,10,12H2/b16-11-. The first-order valence-corrected chi connectivity index (χ1v) is 5.88. The van der Waals surface area contributed by atoms with Gasteiger partial charge < -0.3 is 4.74 Å². The maximum Gasteiger partial charge on any atom is 0.123 e. The highest BCUT2D eigenvalue weighted by Crippen LogP contribution is 2.29. The van der Waals surface area contributed by atoms with E-state index in [0.29, 0.717) is 6.61 Å². The van der Waals surface area contributed by atoms with E-state index in [4.69, 9.17) is 4.74 Å². The van der Waals surface area contributed by atoms with Crippen molar-refractivity contribution in [1.29, 1.82) is 0 Å². The summed E-state index contributed by atoms with van der Waals surface area (Å²) in [6.45, 7) is 0.705. The average Bonchev–Trinajstić information content (AvgIpc) is 2.81. The molecule has 0 atom stereocenters. The lowest BCUT2D eigenvalue weighted by Gasteiger charge is -2.00. The minimum atomic E-state index is 0.705. The second-order valence-corrected chi connectivity index (χ2v) is 4.20. The first-order chi connectivity index (χ1) is 8.43. The number of hydrogen-bond donors (Lipinski definition) is 0. The van der Waals surface area contributed by atoms with Crippen LogP contribution in [0.5, 0.6) is 0 Å². The Morgan fingerprint density at radius 2 is 1.71 bits per heavy atom. The Bertz CT molecular complexity index is 540. The van der Waals surface area contributed by atoms with Crippen molar-refractivity contribution in [3.8, 4) is 0 Å². The lowest BCUT2D eigenvalue weighted by Crippen LogP contribution is -1.84. The highest BCUT2D eigenvalue weighted by Gasteiger charge is 2.15. The highest BCUT2D eigenvalue weighted by atomic mass is 16.5. The maximum absolute atomic E-state index is 5.71. The SMILES string of the molecule is C(/Cc1ccccc1)=C1/OCc2ccccc21. The molecule has 2 aromatic rings. The lowest BCUT2D eigenvalue weighted by atomic mass is 10.1. The molecule has 2 aromatic carbocycles. The first kappa shape index (κ1) is 10.2. The molecule has 0 aliphatic carbocycles. The Balaban J connectivity index is 1.83. The van der Waals surface area contributed by atoms with Crippen molar-refractivity contribution in [1.82, 2.24) is 0 Å². The molecule has 0 aromatic heterocycles. The summed E-state index contributed by atoms with van der Waals surface area (Å²) in [6, 6.07) is 18.8. The molecular formula is C16H14O. The van der Waals surface area contributed by atoms with E-state index in [1.165, 1.54) is 16.7 Å². The first-order valence-electron chi connectivity index (χ1n) is 5.88. The zero-order chi connectivity index (χ0) is 11.5. The van der Waals surface area contributed by atoms with Crippen LogP contribution in [-0.2, 0) is 17.8 Å². The number of allylic oxidation sites excluding steroid dienone is 1. The number of fused-ring (bicyclic) bond motifs is 1. The van der Waals surface area contributed by atoms with E-state index in [-0.39, 0.29) is 0 Å². The average molecular weight is 222 g/mol. The third-order valence-electron chi connectivity index (χ3n) is 3.03. The van der Waals surface area contributed by atoms with Gasteiger partial charge in [0, 0.05) is 11.1 Å². The van der Waals surface area contributed by atoms with Crippen molar-refractivity contribution in [3.05, 3.63) is 77.4 Å². The van der Waals surface area contributed by atoms with Gasteiger partial charge in [0.05, 0.1) is 0 Å². The Morgan fingerprint density at radius 1 is 0.941 bits per heavy atom. The minimum absolute atomic E-state index is 0.705. The molecule has 1 aliphatic heterocycles. The van der Waals surface area contributed by atoms with E-state index in [9.17, 15) is 0 Å². The zero-order valence-electron chi connectivity index (χ0n) is 9.60. The predicted molar refractivity (Wildman–Crippen MR) is 69.4 cm³/mol. The van der Waals surface area contributed by atoms with Gasteiger partial charge in [-0.15, -0.1) is 0 Å². The second-order valence-electron chi connectivity index (χ2n) is 4.20. The third kappa shape index (κ3) is 2.09. The molecular weight excluding hydrogens is 208 g/mol. The van der Waals surface area contributed by atoms with Gasteiger partial charge in [-0.25, -0.2) is 0 Å². The summed E-state index contributed by atoms with van der Waals surface area (Å²) in [5.41, 5.74) is 3.84. The molecule has 1 heterocycles. The molecule has 0 saturated heterocycles. The normalized spacial score (nSPS) is 15.6. The summed E-state index contributed by atoms with van der Waals surface area (Å²) in [4.78, 5) is 0. The summed E-state index contributed by atoms with van der Waals surface area (Å²) >= 11 is 0. The van der Waals surface area contributed by atoms with Gasteiger partial charge >= 0.3 is 0 Å². The van der Waals surface area contributed by atoms with Crippen molar-refractivity contribution in [2.75, 3.05) is 0 Å². The molecule has 84 valence electrons. The van der Waals surface area contributed by atoms with Gasteiger partial charge in [-0.3, -0.25) is 0 Å². The monoisotopic (exact) mass is 222 g/mol. The molecule has 0 unspecified atom stereocenters. The smallest absolute Gasteiger partial charge is 0.123 e. The molecule has 0 saturated carbocycles. The van der Waals surface area contributed by atoms with Crippen LogP contribution in [0.1, 0.15) is 16.7 Å². The Hall–Kier alpha value is -2.02. The van der Waals surface area contributed by atoms with E-state index < -0.39 is 0 Å². The van der Waals surface area contributed by atoms with Crippen LogP contribution in [0, 0.1) is 0 Å². The molecule has 1 nitrogen and oxygen atoms in total. The highest BCUT2D eigenvalue weighted by molar-refractivity contribution is 5.66. The van der Waals surface area contributed by atoms with Crippen LogP contribution in [0.3, 0.4) is 0 Å². The number of benzene rings is 2. The van der Waals surface area contributed by atoms with E-state index >= 15 is 0 Å². The largest absolute Gasteiger partial charge is 0.489 e. The van der Waals surface area contributed by atoms with Crippen molar-refractivity contribution in [2.24, 2.45) is 0 Å². The third-order valence-corrected chi connectivity index (χ3v) is 3.03. The molecule has 0 amide bonds. The van der Waals surface area contributed by atoms with Gasteiger partial charge in [-0.1, -0.05) is 54.6 Å². The topological polar surface area (TPSA) is 9.23 Å². The minimum Gasteiger partial charge on any atom is -0.489 e. The molecule has 0 fully saturated rings. The van der Waals surface area contributed by atoms with Crippen LogP contribution >= 0.6 is 0 Å². The molecule has 1 heteroatoms. The van der Waals surface area contributed by atoms with Gasteiger partial charge in [-0.2, -0.15) is 0 Å². The molecule has 1 aliphatic rings. The molecule has 17 heavy (non-hydrogen) atoms. The van der Waals surface area contributed by atoms with Crippen molar-refractivity contribution >= 4 is 5.76 Å². The lowest BCUT2D eigenvalue weighted by molar-refractivity contribution is 0.284. The number of rotatable bonds is 2. The molecule has 3 rings (SSSR count). The summed E-state index contributed by atoms with van der Waals surface area (Å²) in [5.74, 6) is 1.02. The molecule has 0 bridgehead atoms. The predicted octanol–water partition coefficient (Wildman–Crippen LogP) is 3.80. The van der Waals surface area contributed by atoms with Crippen molar-refractivity contribution < 1.29 is 4.74 Å². The number of ether oxygens (including phenoxy) is 1. The fourth-order valence-corrected chi connectivity index (χ4v) is 2.11. The summed E-state index contributed by atoms with van der Waals surface area (Å²) in [5, 5.41) is 0. The Morgan fingerprint density at radius 3 is 2.59 bits per heavy atom. The van der Waals surface area contributed by atoms with Gasteiger partial charge in [0.1, 0.15) is 12.4 Å².